The third kappa shape index (κ3) is 4.44. The van der Waals surface area contributed by atoms with Gasteiger partial charge in [-0.25, -0.2) is 13.2 Å². The molecule has 1 amide bonds. The second-order valence-electron chi connectivity index (χ2n) is 5.61. The van der Waals surface area contributed by atoms with E-state index >= 15 is 0 Å². The number of nitrogens with one attached hydrogen (secondary N) is 1. The monoisotopic (exact) mass is 388 g/mol. The number of hydrogen-bond donors (Lipinski definition) is 1. The van der Waals surface area contributed by atoms with Gasteiger partial charge in [0.2, 0.25) is 0 Å². The summed E-state index contributed by atoms with van der Waals surface area (Å²) in [5.41, 5.74) is -0.548. The number of amides is 1. The number of halogens is 3. The Labute approximate surface area is 156 Å². The Balaban J connectivity index is 1.88. The first kappa shape index (κ1) is 18.9. The van der Waals surface area contributed by atoms with Crippen LogP contribution in [0.3, 0.4) is 0 Å². The first-order valence-corrected chi connectivity index (χ1v) is 7.81. The number of carbonyl (C=O) groups is 1. The van der Waals surface area contributed by atoms with Crippen molar-refractivity contribution >= 4 is 17.3 Å². The molecule has 0 bridgehead atoms. The van der Waals surface area contributed by atoms with Crippen LogP contribution in [0.5, 0.6) is 11.5 Å². The molecule has 6 nitrogen and oxygen atoms in total. The lowest BCUT2D eigenvalue weighted by Crippen LogP contribution is -2.12. The van der Waals surface area contributed by atoms with E-state index in [9.17, 15) is 28.1 Å². The van der Waals surface area contributed by atoms with Crippen LogP contribution in [0.25, 0.3) is 0 Å². The quantitative estimate of drug-likeness (QED) is 0.489. The molecular formula is C19H11F3N2O4. The topological polar surface area (TPSA) is 81.5 Å². The molecule has 0 saturated carbocycles. The smallest absolute Gasteiger partial charge is 0.275 e. The van der Waals surface area contributed by atoms with Gasteiger partial charge in [-0.2, -0.15) is 0 Å². The van der Waals surface area contributed by atoms with Crippen LogP contribution in [0.15, 0.2) is 60.7 Å². The van der Waals surface area contributed by atoms with E-state index in [1.54, 1.807) is 0 Å². The van der Waals surface area contributed by atoms with Crippen LogP contribution in [0.4, 0.5) is 24.5 Å². The highest BCUT2D eigenvalue weighted by molar-refractivity contribution is 6.04. The highest BCUT2D eigenvalue weighted by Gasteiger charge is 2.15. The van der Waals surface area contributed by atoms with Crippen LogP contribution >= 0.6 is 0 Å². The van der Waals surface area contributed by atoms with E-state index in [0.29, 0.717) is 6.07 Å². The van der Waals surface area contributed by atoms with Crippen molar-refractivity contribution < 1.29 is 27.6 Å². The summed E-state index contributed by atoms with van der Waals surface area (Å²) in [6.07, 6.45) is 0. The first-order valence-electron chi connectivity index (χ1n) is 7.81. The first-order chi connectivity index (χ1) is 13.3. The number of rotatable bonds is 5. The number of nitro groups is 1. The Morgan fingerprint density at radius 3 is 2.25 bits per heavy atom. The standard InChI is InChI=1S/C19H11F3N2O4/c20-12-2-4-15(5-3-12)28-16-9-13(8-14(10-16)24(26)27)23-19(25)11-1-6-17(21)18(22)7-11/h1-10H,(H,23,25). The zero-order valence-electron chi connectivity index (χ0n) is 14.0. The van der Waals surface area contributed by atoms with Crippen molar-refractivity contribution in [2.24, 2.45) is 0 Å². The highest BCUT2D eigenvalue weighted by Crippen LogP contribution is 2.30. The number of non-ortho nitro benzene ring substituents is 1. The zero-order chi connectivity index (χ0) is 20.3. The predicted molar refractivity (Wildman–Crippen MR) is 93.9 cm³/mol. The fourth-order valence-corrected chi connectivity index (χ4v) is 2.30. The maximum absolute atomic E-state index is 13.3. The summed E-state index contributed by atoms with van der Waals surface area (Å²) in [6.45, 7) is 0. The van der Waals surface area contributed by atoms with Crippen LogP contribution < -0.4 is 10.1 Å². The van der Waals surface area contributed by atoms with Crippen LogP contribution in [0.2, 0.25) is 0 Å². The number of anilines is 1. The fourth-order valence-electron chi connectivity index (χ4n) is 2.30. The SMILES string of the molecule is O=C(Nc1cc(Oc2ccc(F)cc2)cc([N+](=O)[O-])c1)c1ccc(F)c(F)c1. The summed E-state index contributed by atoms with van der Waals surface area (Å²) < 4.78 is 44.7. The number of benzene rings is 3. The molecule has 0 radical (unpaired) electrons. The average molecular weight is 388 g/mol. The molecule has 0 aliphatic carbocycles. The van der Waals surface area contributed by atoms with Crippen molar-refractivity contribution in [2.45, 2.75) is 0 Å². The lowest BCUT2D eigenvalue weighted by molar-refractivity contribution is -0.384. The van der Waals surface area contributed by atoms with Gasteiger partial charge in [0.05, 0.1) is 16.7 Å². The van der Waals surface area contributed by atoms with Gasteiger partial charge in [0.25, 0.3) is 11.6 Å². The molecule has 3 aromatic rings. The summed E-state index contributed by atoms with van der Waals surface area (Å²) in [5, 5.41) is 13.5. The second-order valence-corrected chi connectivity index (χ2v) is 5.61. The van der Waals surface area contributed by atoms with Crippen molar-refractivity contribution in [3.8, 4) is 11.5 Å². The van der Waals surface area contributed by atoms with E-state index < -0.39 is 28.3 Å². The molecule has 3 aromatic carbocycles. The highest BCUT2D eigenvalue weighted by atomic mass is 19.2. The average Bonchev–Trinajstić information content (AvgIpc) is 2.65. The van der Waals surface area contributed by atoms with Crippen molar-refractivity contribution in [1.82, 2.24) is 0 Å². The van der Waals surface area contributed by atoms with E-state index in [-0.39, 0.29) is 28.4 Å². The Bertz CT molecular complexity index is 1060. The van der Waals surface area contributed by atoms with E-state index in [2.05, 4.69) is 5.32 Å². The van der Waals surface area contributed by atoms with Gasteiger partial charge in [-0.3, -0.25) is 14.9 Å². The second kappa shape index (κ2) is 7.78. The molecule has 1 N–H and O–H groups in total. The largest absolute Gasteiger partial charge is 0.457 e. The van der Waals surface area contributed by atoms with E-state index in [4.69, 9.17) is 4.74 Å². The molecule has 0 unspecified atom stereocenters. The number of carbonyl (C=O) groups excluding carboxylic acids is 1. The number of hydrogen-bond acceptors (Lipinski definition) is 4. The van der Waals surface area contributed by atoms with Crippen LogP contribution in [0, 0.1) is 27.6 Å². The van der Waals surface area contributed by atoms with Crippen molar-refractivity contribution in [3.05, 3.63) is 93.8 Å². The molecule has 0 heterocycles. The van der Waals surface area contributed by atoms with Gasteiger partial charge in [-0.05, 0) is 42.5 Å². The van der Waals surface area contributed by atoms with Crippen LogP contribution in [-0.4, -0.2) is 10.8 Å². The molecule has 0 aliphatic rings. The number of nitro benzene ring substituents is 1. The van der Waals surface area contributed by atoms with Crippen molar-refractivity contribution in [1.29, 1.82) is 0 Å². The lowest BCUT2D eigenvalue weighted by atomic mass is 10.2. The van der Waals surface area contributed by atoms with E-state index in [1.165, 1.54) is 18.2 Å². The molecule has 0 aromatic heterocycles. The number of ether oxygens (including phenoxy) is 1. The number of nitrogens with zero attached hydrogens (tertiary/aromatic N) is 1. The molecule has 0 aliphatic heterocycles. The van der Waals surface area contributed by atoms with Gasteiger partial charge in [0.15, 0.2) is 11.6 Å². The van der Waals surface area contributed by atoms with Gasteiger partial charge in [0, 0.05) is 17.7 Å². The molecule has 0 fully saturated rings. The maximum Gasteiger partial charge on any atom is 0.275 e. The third-order valence-electron chi connectivity index (χ3n) is 3.59. The van der Waals surface area contributed by atoms with E-state index in [0.717, 1.165) is 36.4 Å². The predicted octanol–water partition coefficient (Wildman–Crippen LogP) is 5.06. The van der Waals surface area contributed by atoms with Gasteiger partial charge in [-0.1, -0.05) is 0 Å². The third-order valence-corrected chi connectivity index (χ3v) is 3.59. The van der Waals surface area contributed by atoms with Gasteiger partial charge in [-0.15, -0.1) is 0 Å². The van der Waals surface area contributed by atoms with Gasteiger partial charge >= 0.3 is 0 Å². The van der Waals surface area contributed by atoms with Gasteiger partial charge in [0.1, 0.15) is 17.3 Å². The summed E-state index contributed by atoms with van der Waals surface area (Å²) in [6, 6.07) is 11.0. The fraction of sp³-hybridized carbons (Fsp3) is 0. The maximum atomic E-state index is 13.3. The van der Waals surface area contributed by atoms with Crippen molar-refractivity contribution in [2.75, 3.05) is 5.32 Å². The summed E-state index contributed by atoms with van der Waals surface area (Å²) in [7, 11) is 0. The molecule has 0 atom stereocenters. The Kier molecular flexibility index (Phi) is 5.25. The Hall–Kier alpha value is -3.88. The summed E-state index contributed by atoms with van der Waals surface area (Å²) in [5.74, 6) is -3.35. The normalized spacial score (nSPS) is 10.4. The lowest BCUT2D eigenvalue weighted by Gasteiger charge is -2.10. The van der Waals surface area contributed by atoms with Crippen LogP contribution in [0.1, 0.15) is 10.4 Å². The van der Waals surface area contributed by atoms with Crippen LogP contribution in [-0.2, 0) is 0 Å². The molecule has 28 heavy (non-hydrogen) atoms. The summed E-state index contributed by atoms with van der Waals surface area (Å²) in [4.78, 5) is 22.7. The summed E-state index contributed by atoms with van der Waals surface area (Å²) >= 11 is 0. The minimum absolute atomic E-state index is 0.000967. The zero-order valence-corrected chi connectivity index (χ0v) is 14.0. The molecule has 3 rings (SSSR count). The molecular weight excluding hydrogens is 377 g/mol. The minimum atomic E-state index is -1.20. The van der Waals surface area contributed by atoms with Crippen molar-refractivity contribution in [3.63, 3.8) is 0 Å². The molecule has 0 saturated heterocycles. The van der Waals surface area contributed by atoms with Gasteiger partial charge < -0.3 is 10.1 Å². The Morgan fingerprint density at radius 1 is 0.893 bits per heavy atom. The molecule has 0 spiro atoms. The van der Waals surface area contributed by atoms with E-state index in [1.807, 2.05) is 0 Å². The Morgan fingerprint density at radius 2 is 1.61 bits per heavy atom. The molecule has 142 valence electrons. The minimum Gasteiger partial charge on any atom is -0.457 e. The molecule has 9 heteroatoms.